The van der Waals surface area contributed by atoms with Gasteiger partial charge in [-0.05, 0) is 63.5 Å². The molecule has 0 radical (unpaired) electrons. The van der Waals surface area contributed by atoms with Crippen LogP contribution in [0.3, 0.4) is 0 Å². The minimum Gasteiger partial charge on any atom is -0.501 e. The maximum Gasteiger partial charge on any atom is 0.119 e. The lowest BCUT2D eigenvalue weighted by Crippen LogP contribution is -2.25. The van der Waals surface area contributed by atoms with E-state index >= 15 is 0 Å². The Morgan fingerprint density at radius 1 is 1.38 bits per heavy atom. The van der Waals surface area contributed by atoms with Gasteiger partial charge in [0, 0.05) is 24.4 Å². The standard InChI is InChI=1S/C21H32FNO/c1-5-12-23(20-8-10-21(24-4)11-9-20)17(3)6-7-18-13-16(2)14-19(22)15-18/h8,10,14,18-19H,3,5-7,9,11-13,15H2,1-2,4H3/t18-,19+/m1/s1. The number of halogens is 1. The molecule has 2 aliphatic carbocycles. The molecule has 134 valence electrons. The fraction of sp³-hybridized carbons (Fsp3) is 0.619. The lowest BCUT2D eigenvalue weighted by Gasteiger charge is -2.32. The number of hydrogen-bond donors (Lipinski definition) is 0. The van der Waals surface area contributed by atoms with Crippen LogP contribution in [0.5, 0.6) is 0 Å². The molecule has 0 unspecified atom stereocenters. The van der Waals surface area contributed by atoms with Crippen molar-refractivity contribution in [3.63, 3.8) is 0 Å². The molecule has 0 aromatic rings. The lowest BCUT2D eigenvalue weighted by atomic mass is 9.85. The molecule has 0 saturated heterocycles. The van der Waals surface area contributed by atoms with E-state index in [0.29, 0.717) is 12.3 Å². The third-order valence-electron chi connectivity index (χ3n) is 5.00. The van der Waals surface area contributed by atoms with Crippen LogP contribution in [-0.2, 0) is 4.74 Å². The molecule has 0 aromatic carbocycles. The first kappa shape index (κ1) is 18.8. The number of allylic oxidation sites excluding steroid dienone is 7. The summed E-state index contributed by atoms with van der Waals surface area (Å²) in [7, 11) is 1.73. The number of alkyl halides is 1. The second-order valence-electron chi connectivity index (χ2n) is 7.09. The van der Waals surface area contributed by atoms with Crippen LogP contribution in [0.4, 0.5) is 4.39 Å². The fourth-order valence-corrected chi connectivity index (χ4v) is 3.76. The summed E-state index contributed by atoms with van der Waals surface area (Å²) in [6, 6.07) is 0. The Morgan fingerprint density at radius 3 is 2.75 bits per heavy atom. The summed E-state index contributed by atoms with van der Waals surface area (Å²) < 4.78 is 19.0. The summed E-state index contributed by atoms with van der Waals surface area (Å²) >= 11 is 0. The van der Waals surface area contributed by atoms with Crippen molar-refractivity contribution >= 4 is 0 Å². The Labute approximate surface area is 146 Å². The van der Waals surface area contributed by atoms with Crippen molar-refractivity contribution in [1.82, 2.24) is 4.90 Å². The molecule has 0 aromatic heterocycles. The van der Waals surface area contributed by atoms with E-state index in [4.69, 9.17) is 4.74 Å². The van der Waals surface area contributed by atoms with Crippen LogP contribution in [0.1, 0.15) is 58.8 Å². The second kappa shape index (κ2) is 9.10. The van der Waals surface area contributed by atoms with Crippen LogP contribution < -0.4 is 0 Å². The number of nitrogens with zero attached hydrogens (tertiary/aromatic N) is 1. The van der Waals surface area contributed by atoms with Crippen molar-refractivity contribution in [2.75, 3.05) is 13.7 Å². The molecule has 2 rings (SSSR count). The van der Waals surface area contributed by atoms with Crippen molar-refractivity contribution in [3.05, 3.63) is 47.5 Å². The van der Waals surface area contributed by atoms with Crippen LogP contribution in [0.25, 0.3) is 0 Å². The van der Waals surface area contributed by atoms with Crippen molar-refractivity contribution in [1.29, 1.82) is 0 Å². The molecule has 24 heavy (non-hydrogen) atoms. The largest absolute Gasteiger partial charge is 0.501 e. The van der Waals surface area contributed by atoms with Gasteiger partial charge in [-0.25, -0.2) is 4.39 Å². The molecule has 0 heterocycles. The third kappa shape index (κ3) is 5.25. The first-order chi connectivity index (χ1) is 11.5. The molecule has 2 aliphatic rings. The molecule has 0 bridgehead atoms. The van der Waals surface area contributed by atoms with Crippen molar-refractivity contribution in [2.24, 2.45) is 5.92 Å². The lowest BCUT2D eigenvalue weighted by molar-refractivity contribution is 0.267. The van der Waals surface area contributed by atoms with Gasteiger partial charge in [0.05, 0.1) is 12.9 Å². The highest BCUT2D eigenvalue weighted by Gasteiger charge is 2.22. The average molecular weight is 333 g/mol. The van der Waals surface area contributed by atoms with E-state index in [2.05, 4.69) is 30.6 Å². The predicted octanol–water partition coefficient (Wildman–Crippen LogP) is 5.89. The highest BCUT2D eigenvalue weighted by Crippen LogP contribution is 2.32. The molecular formula is C21H32FNO. The van der Waals surface area contributed by atoms with Gasteiger partial charge in [0.1, 0.15) is 6.17 Å². The van der Waals surface area contributed by atoms with Gasteiger partial charge < -0.3 is 9.64 Å². The van der Waals surface area contributed by atoms with Crippen LogP contribution in [0.15, 0.2) is 47.5 Å². The van der Waals surface area contributed by atoms with Gasteiger partial charge in [-0.3, -0.25) is 0 Å². The SMILES string of the molecule is C=C(CC[C@@H]1CC(C)=C[C@H](F)C1)N(CCC)C1=CC=C(OC)CC1. The molecule has 2 atom stereocenters. The van der Waals surface area contributed by atoms with Crippen LogP contribution >= 0.6 is 0 Å². The minimum absolute atomic E-state index is 0.450. The highest BCUT2D eigenvalue weighted by molar-refractivity contribution is 5.23. The molecule has 2 nitrogen and oxygen atoms in total. The van der Waals surface area contributed by atoms with Crippen LogP contribution in [0.2, 0.25) is 0 Å². The Hall–Kier alpha value is -1.51. The van der Waals surface area contributed by atoms with Crippen LogP contribution in [-0.4, -0.2) is 24.7 Å². The van der Waals surface area contributed by atoms with Gasteiger partial charge >= 0.3 is 0 Å². The zero-order chi connectivity index (χ0) is 17.5. The van der Waals surface area contributed by atoms with E-state index in [1.807, 2.05) is 6.92 Å². The first-order valence-electron chi connectivity index (χ1n) is 9.23. The zero-order valence-corrected chi connectivity index (χ0v) is 15.5. The summed E-state index contributed by atoms with van der Waals surface area (Å²) in [6.45, 7) is 9.57. The zero-order valence-electron chi connectivity index (χ0n) is 15.5. The van der Waals surface area contributed by atoms with E-state index < -0.39 is 6.17 Å². The predicted molar refractivity (Wildman–Crippen MR) is 99.2 cm³/mol. The summed E-state index contributed by atoms with van der Waals surface area (Å²) in [6.07, 6.45) is 12.0. The molecule has 3 heteroatoms. The minimum atomic E-state index is -0.762. The molecule has 0 aliphatic heterocycles. The Balaban J connectivity index is 1.93. The first-order valence-corrected chi connectivity index (χ1v) is 9.23. The molecular weight excluding hydrogens is 301 g/mol. The normalized spacial score (nSPS) is 23.9. The fourth-order valence-electron chi connectivity index (χ4n) is 3.76. The average Bonchev–Trinajstić information content (AvgIpc) is 2.57. The van der Waals surface area contributed by atoms with Gasteiger partial charge in [-0.2, -0.15) is 0 Å². The Morgan fingerprint density at radius 2 is 2.17 bits per heavy atom. The number of ether oxygens (including phenoxy) is 1. The smallest absolute Gasteiger partial charge is 0.119 e. The van der Waals surface area contributed by atoms with Gasteiger partial charge in [-0.1, -0.05) is 25.2 Å². The molecule has 0 saturated carbocycles. The monoisotopic (exact) mass is 333 g/mol. The summed E-state index contributed by atoms with van der Waals surface area (Å²) in [5.74, 6) is 1.49. The van der Waals surface area contributed by atoms with Crippen molar-refractivity contribution in [2.45, 2.75) is 65.0 Å². The van der Waals surface area contributed by atoms with E-state index in [1.165, 1.54) is 17.0 Å². The van der Waals surface area contributed by atoms with Gasteiger partial charge in [0.25, 0.3) is 0 Å². The van der Waals surface area contributed by atoms with Crippen LogP contribution in [0, 0.1) is 5.92 Å². The van der Waals surface area contributed by atoms with E-state index in [0.717, 1.165) is 50.8 Å². The third-order valence-corrected chi connectivity index (χ3v) is 5.00. The number of methoxy groups -OCH3 is 1. The van der Waals surface area contributed by atoms with Gasteiger partial charge in [0.15, 0.2) is 0 Å². The van der Waals surface area contributed by atoms with Crippen molar-refractivity contribution in [3.8, 4) is 0 Å². The molecule has 0 amide bonds. The number of hydrogen-bond acceptors (Lipinski definition) is 2. The summed E-state index contributed by atoms with van der Waals surface area (Å²) in [5, 5.41) is 0. The summed E-state index contributed by atoms with van der Waals surface area (Å²) in [4.78, 5) is 2.36. The second-order valence-corrected chi connectivity index (χ2v) is 7.09. The molecule has 0 fully saturated rings. The highest BCUT2D eigenvalue weighted by atomic mass is 19.1. The van der Waals surface area contributed by atoms with Crippen molar-refractivity contribution < 1.29 is 9.13 Å². The van der Waals surface area contributed by atoms with E-state index in [1.54, 1.807) is 13.2 Å². The summed E-state index contributed by atoms with van der Waals surface area (Å²) in [5.41, 5.74) is 3.69. The Bertz CT molecular complexity index is 532. The Kier molecular flexibility index (Phi) is 7.14. The van der Waals surface area contributed by atoms with Gasteiger partial charge in [0.2, 0.25) is 0 Å². The topological polar surface area (TPSA) is 12.5 Å². The maximum absolute atomic E-state index is 13.7. The van der Waals surface area contributed by atoms with E-state index in [-0.39, 0.29) is 0 Å². The van der Waals surface area contributed by atoms with E-state index in [9.17, 15) is 4.39 Å². The quantitative estimate of drug-likeness (QED) is 0.513. The molecule has 0 N–H and O–H groups in total. The molecule has 0 spiro atoms. The van der Waals surface area contributed by atoms with Gasteiger partial charge in [-0.15, -0.1) is 0 Å². The number of rotatable bonds is 8. The maximum atomic E-state index is 13.7.